The van der Waals surface area contributed by atoms with E-state index in [1.165, 1.54) is 24.1 Å². The number of para-hydroxylation sites is 1. The summed E-state index contributed by atoms with van der Waals surface area (Å²) in [7, 11) is 1.49. The first-order valence-electron chi connectivity index (χ1n) is 19.0. The molecule has 0 bridgehead atoms. The number of benzene rings is 3. The first kappa shape index (κ1) is 40.9. The van der Waals surface area contributed by atoms with Crippen LogP contribution in [0.5, 0.6) is 5.75 Å². The number of nitrogens with zero attached hydrogens (tertiary/aromatic N) is 1. The van der Waals surface area contributed by atoms with Crippen LogP contribution in [0.25, 0.3) is 0 Å². The molecule has 0 radical (unpaired) electrons. The molecule has 13 heteroatoms. The zero-order chi connectivity index (χ0) is 39.4. The Balaban J connectivity index is 1.45. The molecule has 2 heterocycles. The number of carbonyl (C=O) groups is 5. The third kappa shape index (κ3) is 11.1. The smallest absolute Gasteiger partial charge is 0.255 e. The fraction of sp³-hybridized carbons (Fsp3) is 0.452. The number of amides is 5. The van der Waals surface area contributed by atoms with Gasteiger partial charge in [-0.3, -0.25) is 24.0 Å². The maximum Gasteiger partial charge on any atom is 0.255 e. The van der Waals surface area contributed by atoms with E-state index in [-0.39, 0.29) is 55.7 Å². The third-order valence-electron chi connectivity index (χ3n) is 10.3. The second-order valence-electron chi connectivity index (χ2n) is 14.7. The van der Waals surface area contributed by atoms with Gasteiger partial charge < -0.3 is 35.6 Å². The van der Waals surface area contributed by atoms with Gasteiger partial charge in [-0.25, -0.2) is 4.39 Å². The van der Waals surface area contributed by atoms with Gasteiger partial charge in [0.05, 0.1) is 18.6 Å². The Labute approximate surface area is 321 Å². The molecule has 55 heavy (non-hydrogen) atoms. The van der Waals surface area contributed by atoms with E-state index in [0.717, 1.165) is 5.56 Å². The van der Waals surface area contributed by atoms with Gasteiger partial charge in [0.15, 0.2) is 0 Å². The Morgan fingerprint density at radius 3 is 2.38 bits per heavy atom. The van der Waals surface area contributed by atoms with Gasteiger partial charge in [-0.1, -0.05) is 68.4 Å². The van der Waals surface area contributed by atoms with Gasteiger partial charge in [0.1, 0.15) is 29.7 Å². The van der Waals surface area contributed by atoms with E-state index in [1.54, 1.807) is 30.3 Å². The quantitative estimate of drug-likeness (QED) is 0.274. The fourth-order valence-electron chi connectivity index (χ4n) is 7.05. The standard InChI is InChI=1S/C42H52FN5O7/c1-28(2)23-35-41(53)47-33(24-29-11-5-4-6-12-29)39(51)44-19-10-20-55-36-16-8-7-15-32(36)38(50)46-34(26-37(49)48(35)3)40(52)45-27-42(17-21-54-22-18-42)30-13-9-14-31(43)25-30/h4-9,11-16,25,28,33-35H,10,17-24,26-27H2,1-3H3,(H,44,51)(H,45,52)(H,46,50)(H,47,53)/t33-,34-,35-/m0/s1. The molecule has 0 unspecified atom stereocenters. The Morgan fingerprint density at radius 1 is 0.927 bits per heavy atom. The molecule has 2 aliphatic heterocycles. The summed E-state index contributed by atoms with van der Waals surface area (Å²) in [5.41, 5.74) is 1.08. The highest BCUT2D eigenvalue weighted by Crippen LogP contribution is 2.34. The lowest BCUT2D eigenvalue weighted by molar-refractivity contribution is -0.141. The zero-order valence-corrected chi connectivity index (χ0v) is 31.8. The molecule has 2 aliphatic rings. The Hall–Kier alpha value is -5.30. The summed E-state index contributed by atoms with van der Waals surface area (Å²) in [5.74, 6) is -2.85. The molecular formula is C42H52FN5O7. The van der Waals surface area contributed by atoms with Crippen LogP contribution in [0.1, 0.15) is 67.4 Å². The lowest BCUT2D eigenvalue weighted by Gasteiger charge is -2.38. The number of hydrogen-bond acceptors (Lipinski definition) is 7. The summed E-state index contributed by atoms with van der Waals surface area (Å²) in [6.07, 6.45) is 1.49. The number of carbonyl (C=O) groups excluding carboxylic acids is 5. The van der Waals surface area contributed by atoms with Crippen molar-refractivity contribution in [2.45, 2.75) is 75.9 Å². The summed E-state index contributed by atoms with van der Waals surface area (Å²) in [6, 6.07) is 18.9. The first-order chi connectivity index (χ1) is 26.5. The fourth-order valence-corrected chi connectivity index (χ4v) is 7.05. The predicted octanol–water partition coefficient (Wildman–Crippen LogP) is 3.68. The van der Waals surface area contributed by atoms with Crippen molar-refractivity contribution in [3.05, 3.63) is 101 Å². The first-order valence-corrected chi connectivity index (χ1v) is 19.0. The monoisotopic (exact) mass is 757 g/mol. The van der Waals surface area contributed by atoms with E-state index < -0.39 is 59.4 Å². The molecule has 4 N–H and O–H groups in total. The van der Waals surface area contributed by atoms with Crippen LogP contribution < -0.4 is 26.0 Å². The topological polar surface area (TPSA) is 155 Å². The minimum absolute atomic E-state index is 0.0148. The van der Waals surface area contributed by atoms with Crippen molar-refractivity contribution < 1.29 is 37.8 Å². The van der Waals surface area contributed by atoms with Crippen molar-refractivity contribution in [3.8, 4) is 5.75 Å². The Bertz CT molecular complexity index is 1800. The van der Waals surface area contributed by atoms with Crippen molar-refractivity contribution in [1.82, 2.24) is 26.2 Å². The second-order valence-corrected chi connectivity index (χ2v) is 14.7. The molecule has 0 aromatic heterocycles. The number of fused-ring (bicyclic) bond motifs is 1. The van der Waals surface area contributed by atoms with E-state index in [1.807, 2.05) is 50.2 Å². The summed E-state index contributed by atoms with van der Waals surface area (Å²) in [6.45, 7) is 5.19. The number of halogens is 1. The van der Waals surface area contributed by atoms with E-state index in [2.05, 4.69) is 21.3 Å². The highest BCUT2D eigenvalue weighted by Gasteiger charge is 2.38. The van der Waals surface area contributed by atoms with Gasteiger partial charge in [0.2, 0.25) is 23.6 Å². The Kier molecular flexibility index (Phi) is 14.4. The number of rotatable bonds is 8. The normalized spacial score (nSPS) is 21.5. The van der Waals surface area contributed by atoms with Crippen molar-refractivity contribution in [2.75, 3.05) is 40.0 Å². The van der Waals surface area contributed by atoms with Crippen LogP contribution in [0, 0.1) is 11.7 Å². The SMILES string of the molecule is CC(C)C[C@H]1C(=O)N[C@@H](Cc2ccccc2)C(=O)NCCCOc2ccccc2C(=O)N[C@H](C(=O)NCC2(c3cccc(F)c3)CCOCC2)CC(=O)N1C. The van der Waals surface area contributed by atoms with Gasteiger partial charge in [0.25, 0.3) is 5.91 Å². The van der Waals surface area contributed by atoms with Crippen LogP contribution in [0.3, 0.4) is 0 Å². The number of nitrogens with one attached hydrogen (secondary N) is 4. The Morgan fingerprint density at radius 2 is 1.65 bits per heavy atom. The molecule has 1 fully saturated rings. The van der Waals surface area contributed by atoms with Gasteiger partial charge in [-0.05, 0) is 67.0 Å². The molecule has 294 valence electrons. The van der Waals surface area contributed by atoms with E-state index >= 15 is 0 Å². The number of hydrogen-bond donors (Lipinski definition) is 4. The summed E-state index contributed by atoms with van der Waals surface area (Å²) in [4.78, 5) is 71.0. The van der Waals surface area contributed by atoms with Crippen molar-refractivity contribution in [1.29, 1.82) is 0 Å². The molecular weight excluding hydrogens is 705 g/mol. The molecule has 3 atom stereocenters. The molecule has 0 spiro atoms. The van der Waals surface area contributed by atoms with Crippen LogP contribution in [0.2, 0.25) is 0 Å². The largest absolute Gasteiger partial charge is 0.493 e. The highest BCUT2D eigenvalue weighted by atomic mass is 19.1. The highest BCUT2D eigenvalue weighted by molar-refractivity contribution is 6.01. The second kappa shape index (κ2) is 19.3. The van der Waals surface area contributed by atoms with Crippen molar-refractivity contribution in [3.63, 3.8) is 0 Å². The van der Waals surface area contributed by atoms with Crippen molar-refractivity contribution >= 4 is 29.5 Å². The van der Waals surface area contributed by atoms with Crippen LogP contribution in [-0.4, -0.2) is 92.5 Å². The molecule has 3 aromatic rings. The minimum atomic E-state index is -1.35. The molecule has 5 amide bonds. The third-order valence-corrected chi connectivity index (χ3v) is 10.3. The van der Waals surface area contributed by atoms with Gasteiger partial charge in [0, 0.05) is 45.2 Å². The number of ether oxygens (including phenoxy) is 2. The van der Waals surface area contributed by atoms with Crippen LogP contribution in [-0.2, 0) is 35.8 Å². The maximum atomic E-state index is 14.4. The summed E-state index contributed by atoms with van der Waals surface area (Å²) < 4.78 is 26.0. The van der Waals surface area contributed by atoms with Crippen molar-refractivity contribution in [2.24, 2.45) is 5.92 Å². The minimum Gasteiger partial charge on any atom is -0.493 e. The van der Waals surface area contributed by atoms with E-state index in [4.69, 9.17) is 9.47 Å². The summed E-state index contributed by atoms with van der Waals surface area (Å²) >= 11 is 0. The van der Waals surface area contributed by atoms with Gasteiger partial charge >= 0.3 is 0 Å². The average Bonchev–Trinajstić information content (AvgIpc) is 3.18. The summed E-state index contributed by atoms with van der Waals surface area (Å²) in [5, 5.41) is 11.5. The lowest BCUT2D eigenvalue weighted by atomic mass is 9.74. The molecule has 3 aromatic carbocycles. The predicted molar refractivity (Wildman–Crippen MR) is 205 cm³/mol. The maximum absolute atomic E-state index is 14.4. The van der Waals surface area contributed by atoms with E-state index in [0.29, 0.717) is 38.0 Å². The molecule has 1 saturated heterocycles. The van der Waals surface area contributed by atoms with Crippen LogP contribution >= 0.6 is 0 Å². The average molecular weight is 758 g/mol. The van der Waals surface area contributed by atoms with Crippen LogP contribution in [0.4, 0.5) is 4.39 Å². The van der Waals surface area contributed by atoms with E-state index in [9.17, 15) is 28.4 Å². The molecule has 12 nitrogen and oxygen atoms in total. The molecule has 5 rings (SSSR count). The van der Waals surface area contributed by atoms with Gasteiger partial charge in [-0.2, -0.15) is 0 Å². The van der Waals surface area contributed by atoms with Crippen LogP contribution in [0.15, 0.2) is 78.9 Å². The van der Waals surface area contributed by atoms with Gasteiger partial charge in [-0.15, -0.1) is 0 Å². The zero-order valence-electron chi connectivity index (χ0n) is 31.8. The number of likely N-dealkylation sites (N-methyl/N-ethyl adjacent to an activating group) is 1. The molecule has 0 saturated carbocycles. The lowest BCUT2D eigenvalue weighted by Crippen LogP contribution is -2.56. The molecule has 0 aliphatic carbocycles.